The number of aromatic hydroxyl groups is 1. The Labute approximate surface area is 203 Å². The number of hydrogen-bond donors (Lipinski definition) is 2. The lowest BCUT2D eigenvalue weighted by Crippen LogP contribution is -1.99. The Hall–Kier alpha value is -3.94. The topological polar surface area (TPSA) is 99.9 Å². The van der Waals surface area contributed by atoms with Crippen molar-refractivity contribution >= 4 is 56.6 Å². The van der Waals surface area contributed by atoms with Crippen molar-refractivity contribution in [1.82, 2.24) is 9.97 Å². The van der Waals surface area contributed by atoms with Crippen molar-refractivity contribution in [3.05, 3.63) is 82.3 Å². The Morgan fingerprint density at radius 3 is 2.59 bits per heavy atom. The van der Waals surface area contributed by atoms with Gasteiger partial charge in [-0.05, 0) is 36.4 Å². The monoisotopic (exact) mass is 490 g/mol. The first-order valence-electron chi connectivity index (χ1n) is 10.1. The number of pyridine rings is 1. The molecule has 0 aliphatic carbocycles. The highest BCUT2D eigenvalue weighted by molar-refractivity contribution is 6.38. The smallest absolute Gasteiger partial charge is 0.296 e. The molecule has 34 heavy (non-hydrogen) atoms. The maximum absolute atomic E-state index is 13.2. The van der Waals surface area contributed by atoms with Gasteiger partial charge >= 0.3 is 0 Å². The summed E-state index contributed by atoms with van der Waals surface area (Å²) in [5, 5.41) is 19.9. The Morgan fingerprint density at radius 1 is 1.03 bits per heavy atom. The van der Waals surface area contributed by atoms with E-state index in [1.165, 1.54) is 6.07 Å². The number of aromatic nitrogens is 2. The fraction of sp³-hybridized carbons (Fsp3) is 0.0400. The van der Waals surface area contributed by atoms with Crippen molar-refractivity contribution < 1.29 is 14.6 Å². The molecular formula is C25H16Cl2N4O3. The van der Waals surface area contributed by atoms with Crippen molar-refractivity contribution in [1.29, 1.82) is 0 Å². The van der Waals surface area contributed by atoms with Crippen LogP contribution in [0.25, 0.3) is 33.1 Å². The van der Waals surface area contributed by atoms with Gasteiger partial charge in [0.05, 0.1) is 34.4 Å². The summed E-state index contributed by atoms with van der Waals surface area (Å²) in [5.74, 6) is -0.312. The molecule has 7 nitrogen and oxygen atoms in total. The SMILES string of the molecule is COc1ccc2nc(-c3ccccc3)cc(C(=O)N=Nc3c(O)[nH]c4c(Cl)cc(Cl)cc34)c2c1. The number of fused-ring (bicyclic) bond motifs is 2. The number of aromatic amines is 1. The number of hydrogen-bond acceptors (Lipinski definition) is 5. The average Bonchev–Trinajstić information content (AvgIpc) is 3.17. The summed E-state index contributed by atoms with van der Waals surface area (Å²) >= 11 is 12.3. The van der Waals surface area contributed by atoms with Crippen LogP contribution in [0.3, 0.4) is 0 Å². The Bertz CT molecular complexity index is 1600. The molecule has 2 heterocycles. The largest absolute Gasteiger partial charge is 0.497 e. The summed E-state index contributed by atoms with van der Waals surface area (Å²) < 4.78 is 5.32. The highest BCUT2D eigenvalue weighted by Crippen LogP contribution is 2.40. The number of methoxy groups -OCH3 is 1. The molecule has 0 saturated heterocycles. The van der Waals surface area contributed by atoms with Gasteiger partial charge in [-0.25, -0.2) is 4.98 Å². The van der Waals surface area contributed by atoms with E-state index in [-0.39, 0.29) is 11.6 Å². The second-order valence-corrected chi connectivity index (χ2v) is 8.29. The van der Waals surface area contributed by atoms with E-state index in [2.05, 4.69) is 15.2 Å². The zero-order chi connectivity index (χ0) is 23.8. The van der Waals surface area contributed by atoms with Gasteiger partial charge in [0.2, 0.25) is 5.88 Å². The third kappa shape index (κ3) is 3.96. The molecule has 0 fully saturated rings. The maximum Gasteiger partial charge on any atom is 0.296 e. The van der Waals surface area contributed by atoms with E-state index in [1.807, 2.05) is 30.3 Å². The Kier molecular flexibility index (Phi) is 5.65. The molecule has 0 aliphatic rings. The molecule has 3 aromatic carbocycles. The molecule has 2 N–H and O–H groups in total. The van der Waals surface area contributed by atoms with Crippen molar-refractivity contribution in [3.63, 3.8) is 0 Å². The van der Waals surface area contributed by atoms with E-state index < -0.39 is 5.91 Å². The molecule has 2 aromatic heterocycles. The summed E-state index contributed by atoms with van der Waals surface area (Å²) in [6.07, 6.45) is 0. The lowest BCUT2D eigenvalue weighted by Gasteiger charge is -2.09. The van der Waals surface area contributed by atoms with Gasteiger partial charge in [0, 0.05) is 21.4 Å². The predicted molar refractivity (Wildman–Crippen MR) is 133 cm³/mol. The number of azo groups is 1. The normalized spacial score (nSPS) is 11.5. The van der Waals surface area contributed by atoms with Crippen LogP contribution in [0.4, 0.5) is 5.69 Å². The van der Waals surface area contributed by atoms with Gasteiger partial charge in [0.25, 0.3) is 5.91 Å². The summed E-state index contributed by atoms with van der Waals surface area (Å²) in [5.41, 5.74) is 2.87. The van der Waals surface area contributed by atoms with Crippen LogP contribution in [0.2, 0.25) is 10.0 Å². The molecule has 9 heteroatoms. The van der Waals surface area contributed by atoms with Gasteiger partial charge in [-0.15, -0.1) is 10.2 Å². The standard InChI is InChI=1S/C25H16Cl2N4O3/c1-34-15-7-8-20-16(11-15)17(12-21(28-20)13-5-3-2-4-6-13)24(32)31-30-23-18-9-14(26)10-19(27)22(18)29-25(23)33/h2-12,29,33H,1H3. The molecule has 0 bridgehead atoms. The Balaban J connectivity index is 1.64. The number of benzene rings is 3. The second kappa shape index (κ2) is 8.78. The minimum absolute atomic E-state index is 0.0620. The van der Waals surface area contributed by atoms with Crippen molar-refractivity contribution in [3.8, 4) is 22.9 Å². The minimum atomic E-state index is -0.611. The second-order valence-electron chi connectivity index (χ2n) is 7.44. The third-order valence-electron chi connectivity index (χ3n) is 5.33. The first-order valence-corrected chi connectivity index (χ1v) is 10.9. The zero-order valence-electron chi connectivity index (χ0n) is 17.7. The first kappa shape index (κ1) is 21.9. The van der Waals surface area contributed by atoms with Gasteiger partial charge in [0.15, 0.2) is 5.69 Å². The number of halogens is 2. The molecule has 0 radical (unpaired) electrons. The lowest BCUT2D eigenvalue weighted by atomic mass is 10.0. The molecule has 0 aliphatic heterocycles. The van der Waals surface area contributed by atoms with Gasteiger partial charge in [-0.2, -0.15) is 0 Å². The van der Waals surface area contributed by atoms with E-state index in [9.17, 15) is 9.90 Å². The van der Waals surface area contributed by atoms with E-state index in [0.29, 0.717) is 48.9 Å². The number of carbonyl (C=O) groups is 1. The van der Waals surface area contributed by atoms with Crippen LogP contribution >= 0.6 is 23.2 Å². The van der Waals surface area contributed by atoms with E-state index >= 15 is 0 Å². The van der Waals surface area contributed by atoms with Crippen molar-refractivity contribution in [2.24, 2.45) is 10.2 Å². The summed E-state index contributed by atoms with van der Waals surface area (Å²) in [4.78, 5) is 20.7. The minimum Gasteiger partial charge on any atom is -0.497 e. The lowest BCUT2D eigenvalue weighted by molar-refractivity contribution is 0.0996. The molecule has 0 spiro atoms. The number of ether oxygens (including phenoxy) is 1. The van der Waals surface area contributed by atoms with Gasteiger partial charge < -0.3 is 14.8 Å². The van der Waals surface area contributed by atoms with Crippen LogP contribution in [0.1, 0.15) is 10.4 Å². The number of nitrogens with one attached hydrogen (secondary N) is 1. The summed E-state index contributed by atoms with van der Waals surface area (Å²) in [6.45, 7) is 0. The van der Waals surface area contributed by atoms with Crippen LogP contribution in [0.15, 0.2) is 77.0 Å². The Morgan fingerprint density at radius 2 is 1.82 bits per heavy atom. The maximum atomic E-state index is 13.2. The van der Waals surface area contributed by atoms with Gasteiger partial charge in [-0.1, -0.05) is 53.5 Å². The molecule has 0 unspecified atom stereocenters. The first-order chi connectivity index (χ1) is 16.4. The summed E-state index contributed by atoms with van der Waals surface area (Å²) in [7, 11) is 1.55. The molecular weight excluding hydrogens is 475 g/mol. The number of amides is 1. The van der Waals surface area contributed by atoms with Crippen LogP contribution < -0.4 is 4.74 Å². The van der Waals surface area contributed by atoms with Crippen molar-refractivity contribution in [2.75, 3.05) is 7.11 Å². The molecule has 0 saturated carbocycles. The van der Waals surface area contributed by atoms with Crippen LogP contribution in [0.5, 0.6) is 11.6 Å². The number of carbonyl (C=O) groups excluding carboxylic acids is 1. The summed E-state index contributed by atoms with van der Waals surface area (Å²) in [6, 6.07) is 19.6. The molecule has 5 rings (SSSR count). The molecule has 5 aromatic rings. The highest BCUT2D eigenvalue weighted by Gasteiger charge is 2.17. The number of nitrogens with zero attached hydrogens (tertiary/aromatic N) is 3. The third-order valence-corrected chi connectivity index (χ3v) is 5.85. The fourth-order valence-corrected chi connectivity index (χ4v) is 4.25. The molecule has 0 atom stereocenters. The van der Waals surface area contributed by atoms with Crippen molar-refractivity contribution in [2.45, 2.75) is 0 Å². The highest BCUT2D eigenvalue weighted by atomic mass is 35.5. The number of H-pyrrole nitrogens is 1. The molecule has 168 valence electrons. The fourth-order valence-electron chi connectivity index (χ4n) is 3.71. The predicted octanol–water partition coefficient (Wildman–Crippen LogP) is 7.33. The van der Waals surface area contributed by atoms with E-state index in [1.54, 1.807) is 37.4 Å². The van der Waals surface area contributed by atoms with Crippen LogP contribution in [-0.2, 0) is 0 Å². The number of rotatable bonds is 4. The van der Waals surface area contributed by atoms with E-state index in [0.717, 1.165) is 5.56 Å². The van der Waals surface area contributed by atoms with Gasteiger partial charge in [0.1, 0.15) is 5.75 Å². The van der Waals surface area contributed by atoms with Crippen LogP contribution in [0, 0.1) is 0 Å². The zero-order valence-corrected chi connectivity index (χ0v) is 19.2. The van der Waals surface area contributed by atoms with Crippen LogP contribution in [-0.4, -0.2) is 28.1 Å². The molecule has 1 amide bonds. The average molecular weight is 491 g/mol. The van der Waals surface area contributed by atoms with E-state index in [4.69, 9.17) is 32.9 Å². The quantitative estimate of drug-likeness (QED) is 0.257. The van der Waals surface area contributed by atoms with Gasteiger partial charge in [-0.3, -0.25) is 4.79 Å².